The first-order valence-corrected chi connectivity index (χ1v) is 2.45. The molecule has 1 atom stereocenters. The Balaban J connectivity index is 3.03. The Kier molecular flexibility index (Phi) is 3.77. The second kappa shape index (κ2) is 3.91. The Morgan fingerprint density at radius 1 is 1.86 bits per heavy atom. The van der Waals surface area contributed by atoms with E-state index in [1.165, 1.54) is 0 Å². The normalized spacial score (nSPS) is 12.7. The Morgan fingerprint density at radius 3 is 2.57 bits per heavy atom. The molecule has 0 saturated heterocycles. The third-order valence-electron chi connectivity index (χ3n) is 0.505. The SMILES string of the molecule is N#CCC(O)CCl. The van der Waals surface area contributed by atoms with Crippen LogP contribution in [0.2, 0.25) is 0 Å². The van der Waals surface area contributed by atoms with Crippen molar-refractivity contribution < 1.29 is 5.11 Å². The van der Waals surface area contributed by atoms with Gasteiger partial charge in [-0.3, -0.25) is 0 Å². The van der Waals surface area contributed by atoms with Gasteiger partial charge in [0.05, 0.1) is 18.6 Å². The zero-order valence-corrected chi connectivity index (χ0v) is 4.52. The van der Waals surface area contributed by atoms with Crippen LogP contribution in [0.15, 0.2) is 0 Å². The van der Waals surface area contributed by atoms with Crippen LogP contribution in [0.1, 0.15) is 6.42 Å². The molecule has 2 nitrogen and oxygen atoms in total. The van der Waals surface area contributed by atoms with Gasteiger partial charge in [0.15, 0.2) is 0 Å². The Labute approximate surface area is 47.3 Å². The zero-order chi connectivity index (χ0) is 5.70. The molecule has 0 amide bonds. The van der Waals surface area contributed by atoms with Gasteiger partial charge in [0.1, 0.15) is 0 Å². The average molecular weight is 120 g/mol. The highest BCUT2D eigenvalue weighted by molar-refractivity contribution is 6.18. The molecule has 1 unspecified atom stereocenters. The van der Waals surface area contributed by atoms with E-state index in [9.17, 15) is 0 Å². The number of nitrogens with zero attached hydrogens (tertiary/aromatic N) is 1. The molecule has 0 rings (SSSR count). The first kappa shape index (κ1) is 6.74. The summed E-state index contributed by atoms with van der Waals surface area (Å²) in [7, 11) is 0. The number of alkyl halides is 1. The number of rotatable bonds is 2. The van der Waals surface area contributed by atoms with E-state index in [1.54, 1.807) is 6.07 Å². The third kappa shape index (κ3) is 3.57. The lowest BCUT2D eigenvalue weighted by atomic mass is 10.3. The summed E-state index contributed by atoms with van der Waals surface area (Å²) in [5.41, 5.74) is 0. The van der Waals surface area contributed by atoms with E-state index in [1.807, 2.05) is 0 Å². The van der Waals surface area contributed by atoms with E-state index in [0.29, 0.717) is 0 Å². The minimum atomic E-state index is -0.647. The van der Waals surface area contributed by atoms with Gasteiger partial charge in [0.25, 0.3) is 0 Å². The molecule has 0 aliphatic heterocycles. The van der Waals surface area contributed by atoms with Crippen molar-refractivity contribution in [2.24, 2.45) is 0 Å². The minimum Gasteiger partial charge on any atom is -0.391 e. The second-order valence-electron chi connectivity index (χ2n) is 1.17. The standard InChI is InChI=1S/C4H6ClNO/c5-3-4(7)1-2-6/h4,7H,1,3H2. The van der Waals surface area contributed by atoms with Gasteiger partial charge in [-0.05, 0) is 0 Å². The van der Waals surface area contributed by atoms with Gasteiger partial charge in [-0.25, -0.2) is 0 Å². The summed E-state index contributed by atoms with van der Waals surface area (Å²) in [6.07, 6.45) is -0.518. The predicted molar refractivity (Wildman–Crippen MR) is 27.0 cm³/mol. The molecule has 0 fully saturated rings. The van der Waals surface area contributed by atoms with Gasteiger partial charge in [-0.2, -0.15) is 5.26 Å². The first-order chi connectivity index (χ1) is 3.31. The summed E-state index contributed by atoms with van der Waals surface area (Å²) in [4.78, 5) is 0. The maximum atomic E-state index is 8.50. The maximum absolute atomic E-state index is 8.50. The highest BCUT2D eigenvalue weighted by atomic mass is 35.5. The van der Waals surface area contributed by atoms with Crippen molar-refractivity contribution in [2.45, 2.75) is 12.5 Å². The van der Waals surface area contributed by atoms with E-state index in [4.69, 9.17) is 22.0 Å². The van der Waals surface area contributed by atoms with E-state index in [2.05, 4.69) is 0 Å². The lowest BCUT2D eigenvalue weighted by Crippen LogP contribution is -2.05. The van der Waals surface area contributed by atoms with E-state index >= 15 is 0 Å². The van der Waals surface area contributed by atoms with Crippen molar-refractivity contribution in [1.29, 1.82) is 5.26 Å². The molecule has 0 aromatic rings. The van der Waals surface area contributed by atoms with E-state index in [-0.39, 0.29) is 12.3 Å². The van der Waals surface area contributed by atoms with Crippen molar-refractivity contribution in [1.82, 2.24) is 0 Å². The van der Waals surface area contributed by atoms with Gasteiger partial charge < -0.3 is 5.11 Å². The van der Waals surface area contributed by atoms with Gasteiger partial charge in [-0.15, -0.1) is 11.6 Å². The van der Waals surface area contributed by atoms with Gasteiger partial charge in [-0.1, -0.05) is 0 Å². The molecule has 0 bridgehead atoms. The maximum Gasteiger partial charge on any atom is 0.0805 e. The van der Waals surface area contributed by atoms with Crippen molar-refractivity contribution in [3.63, 3.8) is 0 Å². The molecular weight excluding hydrogens is 114 g/mol. The van der Waals surface area contributed by atoms with Crippen LogP contribution in [0.4, 0.5) is 0 Å². The number of aliphatic hydroxyl groups is 1. The van der Waals surface area contributed by atoms with Gasteiger partial charge in [0.2, 0.25) is 0 Å². The number of halogens is 1. The average Bonchev–Trinajstić information content (AvgIpc) is 1.68. The largest absolute Gasteiger partial charge is 0.391 e. The fraction of sp³-hybridized carbons (Fsp3) is 0.750. The fourth-order valence-corrected chi connectivity index (χ4v) is 0.269. The number of nitriles is 1. The number of aliphatic hydroxyl groups excluding tert-OH is 1. The Bertz CT molecular complexity index is 78.2. The molecule has 1 N–H and O–H groups in total. The highest BCUT2D eigenvalue weighted by Crippen LogP contribution is 1.90. The lowest BCUT2D eigenvalue weighted by Gasteiger charge is -1.94. The van der Waals surface area contributed by atoms with E-state index in [0.717, 1.165) is 0 Å². The Hall–Kier alpha value is -0.260. The lowest BCUT2D eigenvalue weighted by molar-refractivity contribution is 0.203. The quantitative estimate of drug-likeness (QED) is 0.538. The molecule has 0 aliphatic carbocycles. The molecule has 3 heteroatoms. The van der Waals surface area contributed by atoms with E-state index < -0.39 is 6.10 Å². The van der Waals surface area contributed by atoms with Crippen LogP contribution < -0.4 is 0 Å². The predicted octanol–water partition coefficient (Wildman–Crippen LogP) is 0.500. The van der Waals surface area contributed by atoms with Crippen LogP contribution >= 0.6 is 11.6 Å². The molecule has 0 aromatic heterocycles. The molecule has 0 spiro atoms. The monoisotopic (exact) mass is 119 g/mol. The van der Waals surface area contributed by atoms with Gasteiger partial charge >= 0.3 is 0 Å². The topological polar surface area (TPSA) is 44.0 Å². The van der Waals surface area contributed by atoms with Crippen molar-refractivity contribution in [3.8, 4) is 6.07 Å². The molecule has 0 aromatic carbocycles. The molecule has 0 aliphatic rings. The summed E-state index contributed by atoms with van der Waals surface area (Å²) in [6, 6.07) is 1.78. The molecule has 0 radical (unpaired) electrons. The molecule has 7 heavy (non-hydrogen) atoms. The molecule has 0 saturated carbocycles. The number of hydrogen-bond donors (Lipinski definition) is 1. The van der Waals surface area contributed by atoms with Crippen molar-refractivity contribution >= 4 is 11.6 Å². The van der Waals surface area contributed by atoms with Crippen LogP contribution in [0.5, 0.6) is 0 Å². The second-order valence-corrected chi connectivity index (χ2v) is 1.48. The third-order valence-corrected chi connectivity index (χ3v) is 0.861. The van der Waals surface area contributed by atoms with Crippen LogP contribution in [0, 0.1) is 11.3 Å². The first-order valence-electron chi connectivity index (χ1n) is 1.92. The van der Waals surface area contributed by atoms with Crippen LogP contribution in [-0.2, 0) is 0 Å². The van der Waals surface area contributed by atoms with Crippen molar-refractivity contribution in [3.05, 3.63) is 0 Å². The van der Waals surface area contributed by atoms with Crippen molar-refractivity contribution in [2.75, 3.05) is 5.88 Å². The zero-order valence-electron chi connectivity index (χ0n) is 3.76. The fourth-order valence-electron chi connectivity index (χ4n) is 0.160. The summed E-state index contributed by atoms with van der Waals surface area (Å²) < 4.78 is 0. The van der Waals surface area contributed by atoms with Crippen LogP contribution in [0.3, 0.4) is 0 Å². The van der Waals surface area contributed by atoms with Crippen LogP contribution in [-0.4, -0.2) is 17.1 Å². The number of hydrogen-bond acceptors (Lipinski definition) is 2. The molecular formula is C4H6ClNO. The van der Waals surface area contributed by atoms with Crippen LogP contribution in [0.25, 0.3) is 0 Å². The Morgan fingerprint density at radius 2 is 2.43 bits per heavy atom. The molecule has 40 valence electrons. The summed E-state index contributed by atoms with van der Waals surface area (Å²) in [6.45, 7) is 0. The summed E-state index contributed by atoms with van der Waals surface area (Å²) in [5, 5.41) is 16.4. The van der Waals surface area contributed by atoms with Gasteiger partial charge in [0, 0.05) is 5.88 Å². The highest BCUT2D eigenvalue weighted by Gasteiger charge is 1.96. The smallest absolute Gasteiger partial charge is 0.0805 e. The molecule has 0 heterocycles. The minimum absolute atomic E-state index is 0.128. The summed E-state index contributed by atoms with van der Waals surface area (Å²) in [5.74, 6) is 0.146. The summed E-state index contributed by atoms with van der Waals surface area (Å²) >= 11 is 5.13.